The number of nitrogens with two attached hydrogens (primary N) is 1. The number of carboxylic acids is 1. The molecule has 0 fully saturated rings. The van der Waals surface area contributed by atoms with Gasteiger partial charge in [-0.25, -0.2) is 0 Å². The van der Waals surface area contributed by atoms with Crippen LogP contribution in [0.2, 0.25) is 0 Å². The Hall–Kier alpha value is -0.610. The van der Waals surface area contributed by atoms with Crippen molar-refractivity contribution in [3.05, 3.63) is 0 Å². The first-order valence-electron chi connectivity index (χ1n) is 3.61. The maximum Gasteiger partial charge on any atom is 0.323 e. The molecule has 0 amide bonds. The maximum absolute atomic E-state index is 10.2. The van der Waals surface area contributed by atoms with E-state index < -0.39 is 18.1 Å². The first kappa shape index (κ1) is 10.4. The number of aliphatic carboxylic acids is 1. The fourth-order valence-corrected chi connectivity index (χ4v) is 0.794. The summed E-state index contributed by atoms with van der Waals surface area (Å²) in [6.45, 7) is 3.80. The average molecular weight is 161 g/mol. The summed E-state index contributed by atoms with van der Waals surface area (Å²) in [7, 11) is 0. The summed E-state index contributed by atoms with van der Waals surface area (Å²) in [5.74, 6) is -0.895. The van der Waals surface area contributed by atoms with E-state index in [1.54, 1.807) is 0 Å². The zero-order chi connectivity index (χ0) is 9.02. The van der Waals surface area contributed by atoms with Gasteiger partial charge in [0.25, 0.3) is 0 Å². The van der Waals surface area contributed by atoms with Gasteiger partial charge in [-0.2, -0.15) is 0 Å². The highest BCUT2D eigenvalue weighted by molar-refractivity contribution is 5.73. The minimum absolute atomic E-state index is 0.260. The van der Waals surface area contributed by atoms with E-state index in [0.717, 1.165) is 0 Å². The van der Waals surface area contributed by atoms with Crippen LogP contribution in [0.3, 0.4) is 0 Å². The standard InChI is InChI=1S/C7H15NO3/c1-4(2)3-5(9)6(8)7(10)11/h4-6,9H,3,8H2,1-2H3,(H,10,11)/t5-,6+/m1/s1. The van der Waals surface area contributed by atoms with E-state index in [4.69, 9.17) is 15.9 Å². The second-order valence-electron chi connectivity index (χ2n) is 3.06. The van der Waals surface area contributed by atoms with Gasteiger partial charge in [-0.05, 0) is 12.3 Å². The second kappa shape index (κ2) is 4.31. The van der Waals surface area contributed by atoms with Crippen LogP contribution >= 0.6 is 0 Å². The highest BCUT2D eigenvalue weighted by atomic mass is 16.4. The van der Waals surface area contributed by atoms with Gasteiger partial charge in [0, 0.05) is 0 Å². The van der Waals surface area contributed by atoms with Gasteiger partial charge in [0.15, 0.2) is 0 Å². The Labute approximate surface area is 66.0 Å². The lowest BCUT2D eigenvalue weighted by molar-refractivity contribution is -0.141. The number of carbonyl (C=O) groups is 1. The van der Waals surface area contributed by atoms with E-state index in [9.17, 15) is 4.79 Å². The molecule has 0 aliphatic heterocycles. The van der Waals surface area contributed by atoms with Crippen LogP contribution in [0, 0.1) is 5.92 Å². The molecular formula is C7H15NO3. The van der Waals surface area contributed by atoms with Crippen molar-refractivity contribution in [2.24, 2.45) is 11.7 Å². The molecule has 2 atom stereocenters. The smallest absolute Gasteiger partial charge is 0.323 e. The number of rotatable bonds is 4. The molecule has 0 aromatic rings. The number of aliphatic hydroxyl groups is 1. The summed E-state index contributed by atoms with van der Waals surface area (Å²) in [6.07, 6.45) is -0.513. The lowest BCUT2D eigenvalue weighted by Crippen LogP contribution is -2.42. The molecule has 0 radical (unpaired) electrons. The Bertz CT molecular complexity index is 136. The molecule has 0 saturated carbocycles. The van der Waals surface area contributed by atoms with Gasteiger partial charge in [-0.3, -0.25) is 4.79 Å². The molecule has 4 nitrogen and oxygen atoms in total. The third kappa shape index (κ3) is 3.95. The maximum atomic E-state index is 10.2. The fourth-order valence-electron chi connectivity index (χ4n) is 0.794. The van der Waals surface area contributed by atoms with Crippen molar-refractivity contribution < 1.29 is 15.0 Å². The van der Waals surface area contributed by atoms with E-state index in [-0.39, 0.29) is 5.92 Å². The fraction of sp³-hybridized carbons (Fsp3) is 0.857. The van der Waals surface area contributed by atoms with Gasteiger partial charge in [-0.1, -0.05) is 13.8 Å². The molecule has 0 aromatic carbocycles. The SMILES string of the molecule is CC(C)C[C@@H](O)[C@H](N)C(=O)O. The van der Waals surface area contributed by atoms with Crippen LogP contribution < -0.4 is 5.73 Å². The second-order valence-corrected chi connectivity index (χ2v) is 3.06. The van der Waals surface area contributed by atoms with Gasteiger partial charge in [0.2, 0.25) is 0 Å². The summed E-state index contributed by atoms with van der Waals surface area (Å²) in [6, 6.07) is -1.16. The summed E-state index contributed by atoms with van der Waals surface area (Å²) in [5.41, 5.74) is 5.16. The zero-order valence-electron chi connectivity index (χ0n) is 6.82. The topological polar surface area (TPSA) is 83.5 Å². The molecule has 0 aromatic heterocycles. The van der Waals surface area contributed by atoms with Crippen LogP contribution in [-0.2, 0) is 4.79 Å². The normalized spacial score (nSPS) is 16.5. The van der Waals surface area contributed by atoms with Gasteiger partial charge < -0.3 is 15.9 Å². The number of hydrogen-bond acceptors (Lipinski definition) is 3. The molecule has 4 heteroatoms. The van der Waals surface area contributed by atoms with Crippen LogP contribution in [0.1, 0.15) is 20.3 Å². The predicted molar refractivity (Wildman–Crippen MR) is 41.1 cm³/mol. The number of carboxylic acid groups (broad SMARTS) is 1. The summed E-state index contributed by atoms with van der Waals surface area (Å²) in [5, 5.41) is 17.5. The Kier molecular flexibility index (Phi) is 4.07. The van der Waals surface area contributed by atoms with Crippen molar-refractivity contribution in [3.63, 3.8) is 0 Å². The van der Waals surface area contributed by atoms with E-state index in [1.165, 1.54) is 0 Å². The van der Waals surface area contributed by atoms with Crippen molar-refractivity contribution >= 4 is 5.97 Å². The summed E-state index contributed by atoms with van der Waals surface area (Å²) < 4.78 is 0. The molecule has 0 saturated heterocycles. The Morgan fingerprint density at radius 2 is 2.00 bits per heavy atom. The van der Waals surface area contributed by atoms with Gasteiger partial charge in [-0.15, -0.1) is 0 Å². The molecular weight excluding hydrogens is 146 g/mol. The number of hydrogen-bond donors (Lipinski definition) is 3. The highest BCUT2D eigenvalue weighted by Gasteiger charge is 2.22. The van der Waals surface area contributed by atoms with Crippen molar-refractivity contribution in [1.29, 1.82) is 0 Å². The van der Waals surface area contributed by atoms with Crippen molar-refractivity contribution in [3.8, 4) is 0 Å². The predicted octanol–water partition coefficient (Wildman–Crippen LogP) is -0.195. The molecule has 0 aliphatic rings. The molecule has 0 spiro atoms. The molecule has 4 N–H and O–H groups in total. The van der Waals surface area contributed by atoms with Crippen LogP contribution in [0.4, 0.5) is 0 Å². The number of aliphatic hydroxyl groups excluding tert-OH is 1. The Balaban J connectivity index is 3.82. The van der Waals surface area contributed by atoms with Crippen LogP contribution in [0.5, 0.6) is 0 Å². The van der Waals surface area contributed by atoms with Crippen LogP contribution in [0.25, 0.3) is 0 Å². The summed E-state index contributed by atoms with van der Waals surface area (Å²) in [4.78, 5) is 10.2. The van der Waals surface area contributed by atoms with E-state index in [0.29, 0.717) is 6.42 Å². The zero-order valence-corrected chi connectivity index (χ0v) is 6.82. The van der Waals surface area contributed by atoms with E-state index >= 15 is 0 Å². The van der Waals surface area contributed by atoms with Crippen molar-refractivity contribution in [2.75, 3.05) is 0 Å². The average Bonchev–Trinajstić information content (AvgIpc) is 1.84. The quantitative estimate of drug-likeness (QED) is 0.533. The molecule has 0 bridgehead atoms. The third-order valence-corrected chi connectivity index (χ3v) is 1.41. The monoisotopic (exact) mass is 161 g/mol. The molecule has 66 valence electrons. The Morgan fingerprint density at radius 1 is 1.55 bits per heavy atom. The van der Waals surface area contributed by atoms with Gasteiger partial charge in [0.05, 0.1) is 6.10 Å². The molecule has 0 heterocycles. The van der Waals surface area contributed by atoms with Crippen molar-refractivity contribution in [2.45, 2.75) is 32.4 Å². The molecule has 0 rings (SSSR count). The molecule has 11 heavy (non-hydrogen) atoms. The minimum Gasteiger partial charge on any atom is -0.480 e. The lowest BCUT2D eigenvalue weighted by atomic mass is 10.0. The van der Waals surface area contributed by atoms with Crippen LogP contribution in [0.15, 0.2) is 0 Å². The van der Waals surface area contributed by atoms with Crippen molar-refractivity contribution in [1.82, 2.24) is 0 Å². The highest BCUT2D eigenvalue weighted by Crippen LogP contribution is 2.06. The first-order valence-corrected chi connectivity index (χ1v) is 3.61. The van der Waals surface area contributed by atoms with E-state index in [2.05, 4.69) is 0 Å². The largest absolute Gasteiger partial charge is 0.480 e. The lowest BCUT2D eigenvalue weighted by Gasteiger charge is -2.16. The molecule has 0 aliphatic carbocycles. The van der Waals surface area contributed by atoms with Gasteiger partial charge in [0.1, 0.15) is 6.04 Å². The Morgan fingerprint density at radius 3 is 2.27 bits per heavy atom. The van der Waals surface area contributed by atoms with E-state index in [1.807, 2.05) is 13.8 Å². The molecule has 0 unspecified atom stereocenters. The first-order chi connectivity index (χ1) is 4.95. The van der Waals surface area contributed by atoms with Crippen LogP contribution in [-0.4, -0.2) is 28.3 Å². The minimum atomic E-state index is -1.16. The third-order valence-electron chi connectivity index (χ3n) is 1.41. The van der Waals surface area contributed by atoms with Gasteiger partial charge >= 0.3 is 5.97 Å². The summed E-state index contributed by atoms with van der Waals surface area (Å²) >= 11 is 0.